The summed E-state index contributed by atoms with van der Waals surface area (Å²) in [7, 11) is -3.79. The van der Waals surface area contributed by atoms with Gasteiger partial charge in [0.1, 0.15) is 5.75 Å². The van der Waals surface area contributed by atoms with Crippen LogP contribution in [0.25, 0.3) is 0 Å². The van der Waals surface area contributed by atoms with Crippen LogP contribution in [0.15, 0.2) is 18.2 Å². The van der Waals surface area contributed by atoms with E-state index in [2.05, 4.69) is 4.72 Å². The first kappa shape index (κ1) is 13.3. The van der Waals surface area contributed by atoms with E-state index in [0.717, 1.165) is 5.56 Å². The van der Waals surface area contributed by atoms with E-state index in [1.54, 1.807) is 26.0 Å². The molecule has 1 aromatic rings. The Labute approximate surface area is 101 Å². The fraction of sp³-hybridized carbons (Fsp3) is 0.364. The molecule has 5 nitrogen and oxygen atoms in total. The lowest BCUT2D eigenvalue weighted by molar-refractivity contribution is 0.477. The number of rotatable bonds is 4. The van der Waals surface area contributed by atoms with Crippen molar-refractivity contribution < 1.29 is 13.5 Å². The van der Waals surface area contributed by atoms with Gasteiger partial charge in [-0.3, -0.25) is 4.72 Å². The first-order valence-corrected chi connectivity index (χ1v) is 6.66. The molecule has 0 aliphatic rings. The summed E-state index contributed by atoms with van der Waals surface area (Å²) >= 11 is 0. The van der Waals surface area contributed by atoms with Crippen LogP contribution >= 0.6 is 0 Å². The van der Waals surface area contributed by atoms with Crippen LogP contribution < -0.4 is 4.72 Å². The number of benzene rings is 1. The highest BCUT2D eigenvalue weighted by atomic mass is 32.2. The number of phenols is 1. The molecule has 6 heteroatoms. The van der Waals surface area contributed by atoms with Crippen molar-refractivity contribution in [3.05, 3.63) is 23.8 Å². The van der Waals surface area contributed by atoms with E-state index in [-0.39, 0.29) is 17.9 Å². The second-order valence-corrected chi connectivity index (χ2v) is 5.56. The monoisotopic (exact) mass is 254 g/mol. The molecule has 0 heterocycles. The molecular formula is C11H14N2O3S. The van der Waals surface area contributed by atoms with Crippen LogP contribution in [0, 0.1) is 18.3 Å². The summed E-state index contributed by atoms with van der Waals surface area (Å²) in [5.74, 6) is -0.160. The summed E-state index contributed by atoms with van der Waals surface area (Å²) in [4.78, 5) is 0. The average Bonchev–Trinajstić information content (AvgIpc) is 2.24. The van der Waals surface area contributed by atoms with Gasteiger partial charge in [0, 0.05) is 0 Å². The Hall–Kier alpha value is -1.74. The fourth-order valence-corrected chi connectivity index (χ4v) is 2.53. The van der Waals surface area contributed by atoms with Crippen molar-refractivity contribution >= 4 is 15.7 Å². The van der Waals surface area contributed by atoms with E-state index >= 15 is 0 Å². The molecule has 1 aromatic carbocycles. The molecule has 0 aliphatic carbocycles. The highest BCUT2D eigenvalue weighted by Crippen LogP contribution is 2.25. The Bertz CT molecular complexity index is 546. The number of sulfonamides is 1. The Morgan fingerprint density at radius 1 is 1.53 bits per heavy atom. The van der Waals surface area contributed by atoms with Crippen LogP contribution in [-0.2, 0) is 10.0 Å². The van der Waals surface area contributed by atoms with E-state index in [1.807, 2.05) is 0 Å². The first-order valence-electron chi connectivity index (χ1n) is 5.11. The van der Waals surface area contributed by atoms with Crippen LogP contribution in [-0.4, -0.2) is 18.8 Å². The second kappa shape index (κ2) is 5.06. The van der Waals surface area contributed by atoms with Crippen LogP contribution in [0.4, 0.5) is 5.69 Å². The summed E-state index contributed by atoms with van der Waals surface area (Å²) in [6.45, 7) is 3.39. The van der Waals surface area contributed by atoms with Gasteiger partial charge >= 0.3 is 0 Å². The van der Waals surface area contributed by atoms with E-state index in [0.29, 0.717) is 0 Å². The molecule has 1 unspecified atom stereocenters. The summed E-state index contributed by atoms with van der Waals surface area (Å²) in [5, 5.41) is 17.1. The number of hydrogen-bond donors (Lipinski definition) is 2. The van der Waals surface area contributed by atoms with Crippen molar-refractivity contribution in [2.45, 2.75) is 25.5 Å². The zero-order chi connectivity index (χ0) is 13.1. The molecule has 1 atom stereocenters. The van der Waals surface area contributed by atoms with Crippen molar-refractivity contribution in [1.29, 1.82) is 5.26 Å². The van der Waals surface area contributed by atoms with Gasteiger partial charge in [0.15, 0.2) is 5.25 Å². The second-order valence-electron chi connectivity index (χ2n) is 3.69. The quantitative estimate of drug-likeness (QED) is 0.801. The topological polar surface area (TPSA) is 90.2 Å². The van der Waals surface area contributed by atoms with Gasteiger partial charge in [-0.1, -0.05) is 13.0 Å². The van der Waals surface area contributed by atoms with Crippen molar-refractivity contribution in [1.82, 2.24) is 0 Å². The number of nitriles is 1. The summed E-state index contributed by atoms with van der Waals surface area (Å²) in [6.07, 6.45) is 0.193. The van der Waals surface area contributed by atoms with E-state index in [4.69, 9.17) is 5.26 Å². The Morgan fingerprint density at radius 2 is 2.18 bits per heavy atom. The van der Waals surface area contributed by atoms with Crippen molar-refractivity contribution in [2.24, 2.45) is 0 Å². The van der Waals surface area contributed by atoms with Gasteiger partial charge in [-0.2, -0.15) is 5.26 Å². The molecule has 0 bridgehead atoms. The first-order chi connectivity index (χ1) is 7.90. The van der Waals surface area contributed by atoms with Gasteiger partial charge < -0.3 is 5.11 Å². The predicted molar refractivity (Wildman–Crippen MR) is 65.1 cm³/mol. The van der Waals surface area contributed by atoms with Crippen LogP contribution in [0.3, 0.4) is 0 Å². The molecule has 0 fully saturated rings. The van der Waals surface area contributed by atoms with Gasteiger partial charge in [0.25, 0.3) is 0 Å². The lowest BCUT2D eigenvalue weighted by Crippen LogP contribution is -2.26. The number of aromatic hydroxyl groups is 1. The molecular weight excluding hydrogens is 240 g/mol. The third-order valence-corrected chi connectivity index (χ3v) is 3.99. The molecule has 0 saturated carbocycles. The maximum absolute atomic E-state index is 11.8. The fourth-order valence-electron chi connectivity index (χ4n) is 1.34. The molecule has 0 aliphatic heterocycles. The van der Waals surface area contributed by atoms with Crippen LogP contribution in [0.1, 0.15) is 18.9 Å². The molecule has 92 valence electrons. The third kappa shape index (κ3) is 3.11. The SMILES string of the molecule is CCC(C#N)S(=O)(=O)Nc1cc(C)ccc1O. The van der Waals surface area contributed by atoms with Gasteiger partial charge in [0.2, 0.25) is 10.0 Å². The van der Waals surface area contributed by atoms with E-state index in [9.17, 15) is 13.5 Å². The van der Waals surface area contributed by atoms with Crippen molar-refractivity contribution in [2.75, 3.05) is 4.72 Å². The number of hydrogen-bond acceptors (Lipinski definition) is 4. The molecule has 0 radical (unpaired) electrons. The lowest BCUT2D eigenvalue weighted by Gasteiger charge is -2.12. The van der Waals surface area contributed by atoms with Gasteiger partial charge in [-0.05, 0) is 31.0 Å². The molecule has 1 rings (SSSR count). The summed E-state index contributed by atoms with van der Waals surface area (Å²) in [5.41, 5.74) is 0.907. The molecule has 2 N–H and O–H groups in total. The molecule has 0 aromatic heterocycles. The maximum Gasteiger partial charge on any atom is 0.249 e. The predicted octanol–water partition coefficient (Wildman–Crippen LogP) is 1.74. The number of phenolic OH excluding ortho intramolecular Hbond substituents is 1. The number of nitrogens with zero attached hydrogens (tertiary/aromatic N) is 1. The summed E-state index contributed by atoms with van der Waals surface area (Å²) in [6, 6.07) is 6.29. The highest BCUT2D eigenvalue weighted by Gasteiger charge is 2.24. The van der Waals surface area contributed by atoms with E-state index in [1.165, 1.54) is 12.1 Å². The zero-order valence-corrected chi connectivity index (χ0v) is 10.5. The van der Waals surface area contributed by atoms with Gasteiger partial charge in [-0.15, -0.1) is 0 Å². The number of aryl methyl sites for hydroxylation is 1. The normalized spacial score (nSPS) is 12.8. The van der Waals surface area contributed by atoms with E-state index < -0.39 is 15.3 Å². The lowest BCUT2D eigenvalue weighted by atomic mass is 10.2. The zero-order valence-electron chi connectivity index (χ0n) is 9.64. The molecule has 0 saturated heterocycles. The smallest absolute Gasteiger partial charge is 0.249 e. The Morgan fingerprint density at radius 3 is 2.71 bits per heavy atom. The maximum atomic E-state index is 11.8. The Kier molecular flexibility index (Phi) is 3.97. The third-order valence-electron chi connectivity index (χ3n) is 2.29. The largest absolute Gasteiger partial charge is 0.506 e. The van der Waals surface area contributed by atoms with Crippen molar-refractivity contribution in [3.8, 4) is 11.8 Å². The standard InChI is InChI=1S/C11H14N2O3S/c1-3-9(7-12)17(15,16)13-10-6-8(2)4-5-11(10)14/h4-6,9,13-14H,3H2,1-2H3. The van der Waals surface area contributed by atoms with Crippen LogP contribution in [0.2, 0.25) is 0 Å². The molecule has 0 spiro atoms. The summed E-state index contributed by atoms with van der Waals surface area (Å²) < 4.78 is 25.8. The molecule has 17 heavy (non-hydrogen) atoms. The average molecular weight is 254 g/mol. The minimum Gasteiger partial charge on any atom is -0.506 e. The minimum atomic E-state index is -3.79. The van der Waals surface area contributed by atoms with Crippen molar-refractivity contribution in [3.63, 3.8) is 0 Å². The van der Waals surface area contributed by atoms with Gasteiger partial charge in [0.05, 0.1) is 11.8 Å². The molecule has 0 amide bonds. The Balaban J connectivity index is 3.06. The van der Waals surface area contributed by atoms with Gasteiger partial charge in [-0.25, -0.2) is 8.42 Å². The minimum absolute atomic E-state index is 0.0960. The van der Waals surface area contributed by atoms with Crippen LogP contribution in [0.5, 0.6) is 5.75 Å². The number of anilines is 1. The number of nitrogens with one attached hydrogen (secondary N) is 1. The highest BCUT2D eigenvalue weighted by molar-refractivity contribution is 7.93.